The highest BCUT2D eigenvalue weighted by Gasteiger charge is 2.38. The van der Waals surface area contributed by atoms with Crippen LogP contribution in [0.4, 0.5) is 9.59 Å². The van der Waals surface area contributed by atoms with Crippen LogP contribution in [0.2, 0.25) is 0 Å². The normalized spacial score (nSPS) is 17.6. The number of nitrogens with one attached hydrogen (secondary N) is 4. The van der Waals surface area contributed by atoms with E-state index in [1.807, 2.05) is 125 Å². The van der Waals surface area contributed by atoms with Gasteiger partial charge in [0.05, 0.1) is 12.1 Å². The summed E-state index contributed by atoms with van der Waals surface area (Å²) in [5.41, 5.74) is 4.03. The molecule has 0 aliphatic carbocycles. The van der Waals surface area contributed by atoms with Gasteiger partial charge in [-0.05, 0) is 46.9 Å². The van der Waals surface area contributed by atoms with Gasteiger partial charge in [0.2, 0.25) is 11.8 Å². The van der Waals surface area contributed by atoms with E-state index in [0.717, 1.165) is 24.2 Å². The molecule has 6 rings (SSSR count). The van der Waals surface area contributed by atoms with Crippen molar-refractivity contribution >= 4 is 23.9 Å². The maximum atomic E-state index is 14.3. The number of carbonyl (C=O) groups is 4. The zero-order chi connectivity index (χ0) is 47.0. The van der Waals surface area contributed by atoms with Gasteiger partial charge in [-0.3, -0.25) is 19.4 Å². The average molecular weight is 903 g/mol. The third kappa shape index (κ3) is 14.6. The Kier molecular flexibility index (Phi) is 18.5. The Balaban J connectivity index is 1.12. The van der Waals surface area contributed by atoms with Gasteiger partial charge < -0.3 is 41.3 Å². The highest BCUT2D eigenvalue weighted by atomic mass is 16.3. The van der Waals surface area contributed by atoms with Gasteiger partial charge in [-0.15, -0.1) is 0 Å². The fourth-order valence-electron chi connectivity index (χ4n) is 8.69. The number of aliphatic hydroxyl groups is 2. The first-order valence-corrected chi connectivity index (χ1v) is 23.5. The molecule has 6 amide bonds. The van der Waals surface area contributed by atoms with Crippen molar-refractivity contribution in [3.8, 4) is 0 Å². The largest absolute Gasteiger partial charge is 0.388 e. The number of piperazine rings is 2. The topological polar surface area (TPSA) is 170 Å². The molecule has 2 heterocycles. The second-order valence-electron chi connectivity index (χ2n) is 18.4. The molecule has 2 unspecified atom stereocenters. The Labute approximate surface area is 390 Å². The smallest absolute Gasteiger partial charge is 0.318 e. The number of hydrogen-bond donors (Lipinski definition) is 6. The summed E-state index contributed by atoms with van der Waals surface area (Å²) in [4.78, 5) is 63.9. The van der Waals surface area contributed by atoms with E-state index in [1.54, 1.807) is 9.80 Å². The number of hydrogen-bond acceptors (Lipinski definition) is 8. The predicted octanol–water partition coefficient (Wildman–Crippen LogP) is 4.27. The fraction of sp³-hybridized carbons (Fsp3) is 0.462. The molecule has 354 valence electrons. The van der Waals surface area contributed by atoms with Crippen molar-refractivity contribution in [2.24, 2.45) is 11.8 Å². The van der Waals surface area contributed by atoms with Gasteiger partial charge in [0.1, 0.15) is 24.3 Å². The molecule has 14 heteroatoms. The number of urea groups is 2. The number of amides is 6. The van der Waals surface area contributed by atoms with E-state index >= 15 is 0 Å². The van der Waals surface area contributed by atoms with Crippen LogP contribution in [0.15, 0.2) is 121 Å². The monoisotopic (exact) mass is 903 g/mol. The quantitative estimate of drug-likeness (QED) is 0.0812. The lowest BCUT2D eigenvalue weighted by Crippen LogP contribution is -2.63. The van der Waals surface area contributed by atoms with Crippen molar-refractivity contribution in [3.63, 3.8) is 0 Å². The Hall–Kier alpha value is -5.80. The minimum absolute atomic E-state index is 0.155. The molecule has 0 aromatic heterocycles. The molecule has 4 aromatic carbocycles. The molecule has 6 atom stereocenters. The first kappa shape index (κ1) is 49.6. The van der Waals surface area contributed by atoms with Crippen molar-refractivity contribution in [2.75, 3.05) is 52.4 Å². The van der Waals surface area contributed by atoms with Crippen LogP contribution in [0.3, 0.4) is 0 Å². The van der Waals surface area contributed by atoms with Crippen molar-refractivity contribution in [1.29, 1.82) is 0 Å². The van der Waals surface area contributed by atoms with E-state index in [-0.39, 0.29) is 36.7 Å². The molecule has 2 aliphatic rings. The highest BCUT2D eigenvalue weighted by molar-refractivity contribution is 5.88. The minimum Gasteiger partial charge on any atom is -0.388 e. The van der Waals surface area contributed by atoms with Crippen molar-refractivity contribution in [2.45, 2.75) is 90.0 Å². The van der Waals surface area contributed by atoms with Crippen LogP contribution >= 0.6 is 0 Å². The van der Waals surface area contributed by atoms with Gasteiger partial charge in [0.15, 0.2) is 0 Å². The molecule has 0 saturated carbocycles. The second-order valence-corrected chi connectivity index (χ2v) is 18.4. The molecule has 4 aromatic rings. The molecule has 2 saturated heterocycles. The summed E-state index contributed by atoms with van der Waals surface area (Å²) in [7, 11) is 0. The minimum atomic E-state index is -1.57. The summed E-state index contributed by atoms with van der Waals surface area (Å²) < 4.78 is 0. The molecular formula is C52H70N8O6. The van der Waals surface area contributed by atoms with Gasteiger partial charge in [-0.2, -0.15) is 0 Å². The molecule has 6 N–H and O–H groups in total. The summed E-state index contributed by atoms with van der Waals surface area (Å²) in [6.07, 6.45) is -2.82. The summed E-state index contributed by atoms with van der Waals surface area (Å²) in [5.74, 6) is -1.61. The molecular weight excluding hydrogens is 833 g/mol. The number of rotatable bonds is 19. The van der Waals surface area contributed by atoms with Gasteiger partial charge >= 0.3 is 12.1 Å². The van der Waals surface area contributed by atoms with Crippen LogP contribution < -0.4 is 21.3 Å². The molecule has 2 aliphatic heterocycles. The van der Waals surface area contributed by atoms with Gasteiger partial charge in [0, 0.05) is 65.4 Å². The Bertz CT molecular complexity index is 1950. The van der Waals surface area contributed by atoms with Gasteiger partial charge in [0.25, 0.3) is 0 Å². The molecule has 2 fully saturated rings. The molecule has 0 bridgehead atoms. The zero-order valence-corrected chi connectivity index (χ0v) is 39.0. The summed E-state index contributed by atoms with van der Waals surface area (Å²) in [6, 6.07) is 34.5. The van der Waals surface area contributed by atoms with Gasteiger partial charge in [-0.25, -0.2) is 9.59 Å². The van der Waals surface area contributed by atoms with Crippen molar-refractivity contribution in [1.82, 2.24) is 40.9 Å². The SMILES string of the molecule is CC(C)C(NC(=O)N1CCN(Cc2ccccc2)CC1)C(=O)N[C@@H](Cc1ccccc1)[C@@H](O)[C@H](O)[C@H](Cc1ccccc1)NC(=O)C(NC(=O)N1CCN(Cc2ccccc2)CC1)C(C)C. The van der Waals surface area contributed by atoms with Crippen LogP contribution in [0.1, 0.15) is 49.9 Å². The number of aliphatic hydroxyl groups excluding tert-OH is 2. The average Bonchev–Trinajstić information content (AvgIpc) is 3.33. The number of carbonyl (C=O) groups excluding carboxylic acids is 4. The lowest BCUT2D eigenvalue weighted by atomic mass is 9.90. The molecule has 0 radical (unpaired) electrons. The van der Waals surface area contributed by atoms with E-state index in [9.17, 15) is 29.4 Å². The second kappa shape index (κ2) is 24.6. The van der Waals surface area contributed by atoms with Crippen LogP contribution in [-0.2, 0) is 35.5 Å². The zero-order valence-electron chi connectivity index (χ0n) is 39.0. The Morgan fingerprint density at radius 2 is 0.727 bits per heavy atom. The third-order valence-corrected chi connectivity index (χ3v) is 12.7. The highest BCUT2D eigenvalue weighted by Crippen LogP contribution is 2.18. The lowest BCUT2D eigenvalue weighted by molar-refractivity contribution is -0.129. The lowest BCUT2D eigenvalue weighted by Gasteiger charge is -2.37. The van der Waals surface area contributed by atoms with E-state index in [1.165, 1.54) is 11.1 Å². The first-order chi connectivity index (χ1) is 31.8. The van der Waals surface area contributed by atoms with E-state index in [0.29, 0.717) is 52.4 Å². The summed E-state index contributed by atoms with van der Waals surface area (Å²) in [5, 5.41) is 36.2. The van der Waals surface area contributed by atoms with E-state index in [4.69, 9.17) is 0 Å². The third-order valence-electron chi connectivity index (χ3n) is 12.7. The van der Waals surface area contributed by atoms with Crippen molar-refractivity contribution < 1.29 is 29.4 Å². The standard InChI is InChI=1S/C52H70N8O6/c1-37(2)45(55-51(65)59-29-25-57(26-30-59)35-41-21-13-7-14-22-41)49(63)53-43(33-39-17-9-5-10-18-39)47(61)48(62)44(34-40-19-11-6-12-20-40)54-50(64)46(38(3)4)56-52(66)60-31-27-58(28-32-60)36-42-23-15-8-16-24-42/h5-24,37-38,43-48,61-62H,25-36H2,1-4H3,(H,53,63)(H,54,64)(H,55,65)(H,56,66)/t43-,44-,45?,46?,47+,48+/m0/s1. The Morgan fingerprint density at radius 3 is 1.02 bits per heavy atom. The maximum absolute atomic E-state index is 14.3. The Morgan fingerprint density at radius 1 is 0.439 bits per heavy atom. The predicted molar refractivity (Wildman–Crippen MR) is 257 cm³/mol. The number of benzene rings is 4. The number of nitrogens with zero attached hydrogens (tertiary/aromatic N) is 4. The summed E-state index contributed by atoms with van der Waals surface area (Å²) >= 11 is 0. The van der Waals surface area contributed by atoms with E-state index in [2.05, 4.69) is 55.3 Å². The summed E-state index contributed by atoms with van der Waals surface area (Å²) in [6.45, 7) is 13.8. The van der Waals surface area contributed by atoms with E-state index < -0.39 is 48.2 Å². The van der Waals surface area contributed by atoms with Crippen LogP contribution in [-0.4, -0.2) is 142 Å². The van der Waals surface area contributed by atoms with Crippen LogP contribution in [0.25, 0.3) is 0 Å². The van der Waals surface area contributed by atoms with Crippen molar-refractivity contribution in [3.05, 3.63) is 144 Å². The first-order valence-electron chi connectivity index (χ1n) is 23.5. The fourth-order valence-corrected chi connectivity index (χ4v) is 8.69. The maximum Gasteiger partial charge on any atom is 0.318 e. The van der Waals surface area contributed by atoms with Crippen LogP contribution in [0.5, 0.6) is 0 Å². The molecule has 0 spiro atoms. The van der Waals surface area contributed by atoms with Crippen LogP contribution in [0, 0.1) is 11.8 Å². The molecule has 66 heavy (non-hydrogen) atoms. The molecule has 14 nitrogen and oxygen atoms in total. The van der Waals surface area contributed by atoms with Gasteiger partial charge in [-0.1, -0.05) is 149 Å².